The molecule has 0 unspecified atom stereocenters. The van der Waals surface area contributed by atoms with E-state index in [9.17, 15) is 13.2 Å². The van der Waals surface area contributed by atoms with Gasteiger partial charge in [-0.1, -0.05) is 6.42 Å². The van der Waals surface area contributed by atoms with Gasteiger partial charge >= 0.3 is 6.18 Å². The maximum Gasteiger partial charge on any atom is 0.419 e. The van der Waals surface area contributed by atoms with Crippen molar-refractivity contribution in [3.05, 3.63) is 23.8 Å². The molecule has 3 nitrogen and oxygen atoms in total. The number of piperidine rings is 1. The summed E-state index contributed by atoms with van der Waals surface area (Å²) >= 11 is 0. The average Bonchev–Trinajstić information content (AvgIpc) is 2.29. The molecule has 6 heteroatoms. The minimum absolute atomic E-state index is 0.00367. The van der Waals surface area contributed by atoms with Crippen molar-refractivity contribution < 1.29 is 13.2 Å². The fourth-order valence-electron chi connectivity index (χ4n) is 1.74. The fraction of sp³-hybridized carbons (Fsp3) is 0.600. The zero-order chi connectivity index (χ0) is 11.6. The van der Waals surface area contributed by atoms with Crippen LogP contribution in [0.4, 0.5) is 13.2 Å². The summed E-state index contributed by atoms with van der Waals surface area (Å²) in [7, 11) is 0. The predicted molar refractivity (Wildman–Crippen MR) is 51.6 cm³/mol. The van der Waals surface area contributed by atoms with Crippen LogP contribution in [0.2, 0.25) is 0 Å². The normalized spacial score (nSPS) is 22.1. The Balaban J connectivity index is 2.12. The maximum absolute atomic E-state index is 12.3. The smallest absolute Gasteiger partial charge is 0.307 e. The summed E-state index contributed by atoms with van der Waals surface area (Å²) in [4.78, 5) is 7.55. The molecule has 0 saturated carbocycles. The number of nitrogens with one attached hydrogen (secondary N) is 1. The van der Waals surface area contributed by atoms with Gasteiger partial charge in [0.05, 0.1) is 11.6 Å². The lowest BCUT2D eigenvalue weighted by atomic mass is 10.0. The van der Waals surface area contributed by atoms with Crippen LogP contribution in [0.1, 0.15) is 36.7 Å². The standard InChI is InChI=1S/C10H12F3N3/c11-10(12,13)7-5-15-9(16-6-7)8-3-1-2-4-14-8/h5-6,8,14H,1-4H2/t8-/m1/s1. The Morgan fingerprint density at radius 3 is 2.38 bits per heavy atom. The number of rotatable bonds is 1. The summed E-state index contributed by atoms with van der Waals surface area (Å²) in [6.07, 6.45) is 0.361. The van der Waals surface area contributed by atoms with E-state index in [2.05, 4.69) is 15.3 Å². The molecule has 0 spiro atoms. The van der Waals surface area contributed by atoms with Crippen LogP contribution in [0.25, 0.3) is 0 Å². The molecule has 1 fully saturated rings. The minimum atomic E-state index is -4.36. The van der Waals surface area contributed by atoms with Crippen LogP contribution in [0, 0.1) is 0 Å². The molecule has 1 N–H and O–H groups in total. The van der Waals surface area contributed by atoms with Crippen LogP contribution < -0.4 is 5.32 Å². The molecule has 1 aliphatic rings. The molecule has 1 aromatic rings. The van der Waals surface area contributed by atoms with Gasteiger partial charge in [-0.15, -0.1) is 0 Å². The first kappa shape index (κ1) is 11.3. The van der Waals surface area contributed by atoms with E-state index >= 15 is 0 Å². The van der Waals surface area contributed by atoms with Gasteiger partial charge < -0.3 is 5.32 Å². The molecule has 2 heterocycles. The average molecular weight is 231 g/mol. The Bertz CT molecular complexity index is 341. The zero-order valence-corrected chi connectivity index (χ0v) is 8.59. The lowest BCUT2D eigenvalue weighted by Crippen LogP contribution is -2.28. The largest absolute Gasteiger partial charge is 0.419 e. The third-order valence-electron chi connectivity index (χ3n) is 2.62. The van der Waals surface area contributed by atoms with Gasteiger partial charge in [-0.3, -0.25) is 0 Å². The van der Waals surface area contributed by atoms with Crippen molar-refractivity contribution in [2.75, 3.05) is 6.54 Å². The van der Waals surface area contributed by atoms with Gasteiger partial charge in [0.25, 0.3) is 0 Å². The third kappa shape index (κ3) is 2.49. The second-order valence-corrected chi connectivity index (χ2v) is 3.83. The van der Waals surface area contributed by atoms with Gasteiger partial charge in [-0.2, -0.15) is 13.2 Å². The number of aromatic nitrogens is 2. The van der Waals surface area contributed by atoms with Crippen molar-refractivity contribution in [2.24, 2.45) is 0 Å². The van der Waals surface area contributed by atoms with E-state index in [4.69, 9.17) is 0 Å². The lowest BCUT2D eigenvalue weighted by molar-refractivity contribution is -0.138. The Kier molecular flexibility index (Phi) is 3.09. The van der Waals surface area contributed by atoms with Crippen LogP contribution in [0.15, 0.2) is 12.4 Å². The Hall–Kier alpha value is -1.17. The maximum atomic E-state index is 12.3. The summed E-state index contributed by atoms with van der Waals surface area (Å²) in [6.45, 7) is 0.870. The topological polar surface area (TPSA) is 37.8 Å². The molecule has 0 aliphatic carbocycles. The van der Waals surface area contributed by atoms with Crippen LogP contribution >= 0.6 is 0 Å². The molecule has 0 aromatic carbocycles. The first-order valence-electron chi connectivity index (χ1n) is 5.20. The molecular weight excluding hydrogens is 219 g/mol. The van der Waals surface area contributed by atoms with Crippen molar-refractivity contribution in [3.63, 3.8) is 0 Å². The van der Waals surface area contributed by atoms with Crippen molar-refractivity contribution in [2.45, 2.75) is 31.5 Å². The fourth-order valence-corrected chi connectivity index (χ4v) is 1.74. The van der Waals surface area contributed by atoms with Crippen LogP contribution in [-0.2, 0) is 6.18 Å². The highest BCUT2D eigenvalue weighted by Crippen LogP contribution is 2.28. The molecule has 1 aromatic heterocycles. The highest BCUT2D eigenvalue weighted by Gasteiger charge is 2.31. The first-order valence-corrected chi connectivity index (χ1v) is 5.20. The molecule has 88 valence electrons. The molecule has 1 saturated heterocycles. The molecule has 16 heavy (non-hydrogen) atoms. The predicted octanol–water partition coefficient (Wildman–Crippen LogP) is 2.31. The molecule has 2 rings (SSSR count). The van der Waals surface area contributed by atoms with Gasteiger partial charge in [0, 0.05) is 12.4 Å². The summed E-state index contributed by atoms with van der Waals surface area (Å²) in [6, 6.07) is -0.00367. The minimum Gasteiger partial charge on any atom is -0.307 e. The molecule has 1 aliphatic heterocycles. The van der Waals surface area contributed by atoms with Gasteiger partial charge in [0.2, 0.25) is 0 Å². The van der Waals surface area contributed by atoms with Crippen LogP contribution in [0.3, 0.4) is 0 Å². The van der Waals surface area contributed by atoms with E-state index in [1.807, 2.05) is 0 Å². The lowest BCUT2D eigenvalue weighted by Gasteiger charge is -2.22. The van der Waals surface area contributed by atoms with E-state index in [0.717, 1.165) is 38.2 Å². The molecule has 0 bridgehead atoms. The molecule has 1 atom stereocenters. The van der Waals surface area contributed by atoms with Gasteiger partial charge in [-0.05, 0) is 19.4 Å². The van der Waals surface area contributed by atoms with Crippen LogP contribution in [0.5, 0.6) is 0 Å². The monoisotopic (exact) mass is 231 g/mol. The zero-order valence-electron chi connectivity index (χ0n) is 8.59. The molecular formula is C10H12F3N3. The van der Waals surface area contributed by atoms with E-state index in [1.54, 1.807) is 0 Å². The van der Waals surface area contributed by atoms with Gasteiger partial charge in [0.15, 0.2) is 0 Å². The van der Waals surface area contributed by atoms with E-state index in [1.165, 1.54) is 0 Å². The number of halogens is 3. The number of nitrogens with zero attached hydrogens (tertiary/aromatic N) is 2. The van der Waals surface area contributed by atoms with Crippen molar-refractivity contribution in [3.8, 4) is 0 Å². The second-order valence-electron chi connectivity index (χ2n) is 3.83. The number of hydrogen-bond acceptors (Lipinski definition) is 3. The second kappa shape index (κ2) is 4.37. The Morgan fingerprint density at radius 2 is 1.88 bits per heavy atom. The number of alkyl halides is 3. The molecule has 0 radical (unpaired) electrons. The highest BCUT2D eigenvalue weighted by atomic mass is 19.4. The van der Waals surface area contributed by atoms with E-state index in [-0.39, 0.29) is 6.04 Å². The van der Waals surface area contributed by atoms with Crippen LogP contribution in [-0.4, -0.2) is 16.5 Å². The van der Waals surface area contributed by atoms with Crippen molar-refractivity contribution >= 4 is 0 Å². The Morgan fingerprint density at radius 1 is 1.19 bits per heavy atom. The summed E-state index contributed by atoms with van der Waals surface area (Å²) in [5.41, 5.74) is -0.799. The van der Waals surface area contributed by atoms with Crippen molar-refractivity contribution in [1.29, 1.82) is 0 Å². The van der Waals surface area contributed by atoms with Crippen molar-refractivity contribution in [1.82, 2.24) is 15.3 Å². The first-order chi connectivity index (χ1) is 7.57. The SMILES string of the molecule is FC(F)(F)c1cnc([C@H]2CCCCN2)nc1. The summed E-state index contributed by atoms with van der Waals surface area (Å²) < 4.78 is 36.8. The molecule has 0 amide bonds. The van der Waals surface area contributed by atoms with Gasteiger partial charge in [-0.25, -0.2) is 9.97 Å². The van der Waals surface area contributed by atoms with E-state index in [0.29, 0.717) is 5.82 Å². The number of hydrogen-bond donors (Lipinski definition) is 1. The summed E-state index contributed by atoms with van der Waals surface area (Å²) in [5, 5.41) is 3.19. The summed E-state index contributed by atoms with van der Waals surface area (Å²) in [5.74, 6) is 0.452. The third-order valence-corrected chi connectivity index (χ3v) is 2.62. The highest BCUT2D eigenvalue weighted by molar-refractivity contribution is 5.10. The Labute approximate surface area is 91.1 Å². The van der Waals surface area contributed by atoms with E-state index < -0.39 is 11.7 Å². The quantitative estimate of drug-likeness (QED) is 0.806. The van der Waals surface area contributed by atoms with Gasteiger partial charge in [0.1, 0.15) is 5.82 Å².